The van der Waals surface area contributed by atoms with Crippen LogP contribution in [-0.2, 0) is 11.2 Å². The number of hydrogen-bond acceptors (Lipinski definition) is 6. The monoisotopic (exact) mass is 473 g/mol. The van der Waals surface area contributed by atoms with Gasteiger partial charge in [0.2, 0.25) is 5.95 Å². The standard InChI is InChI=1S/C28H32FN5O/c1-19-24-8-5-21(17-22(24)9-10-31-19)26-18-25(27(29)32-28(26)30)20-3-6-23(7-4-20)34-13-11-33(12-14-34)15-16-35-2/h3-8,17-18,31H,1,9-16H2,2H3,(H2,30,32). The quantitative estimate of drug-likeness (QED) is 0.527. The number of benzene rings is 2. The molecule has 0 bridgehead atoms. The Balaban J connectivity index is 1.37. The van der Waals surface area contributed by atoms with Gasteiger partial charge >= 0.3 is 0 Å². The highest BCUT2D eigenvalue weighted by molar-refractivity contribution is 5.82. The molecular formula is C28H32FN5O. The summed E-state index contributed by atoms with van der Waals surface area (Å²) in [7, 11) is 1.74. The molecule has 1 aromatic heterocycles. The first-order valence-corrected chi connectivity index (χ1v) is 12.1. The van der Waals surface area contributed by atoms with Gasteiger partial charge in [0.1, 0.15) is 5.82 Å². The Morgan fingerprint density at radius 3 is 2.49 bits per heavy atom. The van der Waals surface area contributed by atoms with E-state index in [0.717, 1.165) is 85.9 Å². The van der Waals surface area contributed by atoms with Gasteiger partial charge in [0.05, 0.1) is 6.61 Å². The summed E-state index contributed by atoms with van der Waals surface area (Å²) in [5.74, 6) is -0.358. The maximum absolute atomic E-state index is 14.9. The van der Waals surface area contributed by atoms with E-state index >= 15 is 0 Å². The molecule has 35 heavy (non-hydrogen) atoms. The van der Waals surface area contributed by atoms with Crippen LogP contribution in [0.1, 0.15) is 11.1 Å². The number of piperazine rings is 1. The number of ether oxygens (including phenoxy) is 1. The molecule has 5 rings (SSSR count). The third kappa shape index (κ3) is 4.88. The first-order valence-electron chi connectivity index (χ1n) is 12.1. The Hall–Kier alpha value is -3.42. The maximum Gasteiger partial charge on any atom is 0.222 e. The topological polar surface area (TPSA) is 66.6 Å². The molecule has 1 saturated heterocycles. The number of rotatable bonds is 6. The average Bonchev–Trinajstić information content (AvgIpc) is 2.88. The number of nitrogen functional groups attached to an aromatic ring is 1. The second-order valence-corrected chi connectivity index (χ2v) is 9.16. The summed E-state index contributed by atoms with van der Waals surface area (Å²) in [5, 5.41) is 3.29. The molecule has 3 aromatic rings. The highest BCUT2D eigenvalue weighted by Gasteiger charge is 2.19. The van der Waals surface area contributed by atoms with Crippen molar-refractivity contribution in [2.45, 2.75) is 6.42 Å². The number of halogens is 1. The van der Waals surface area contributed by atoms with Gasteiger partial charge in [-0.15, -0.1) is 0 Å². The van der Waals surface area contributed by atoms with E-state index in [1.807, 2.05) is 30.3 Å². The van der Waals surface area contributed by atoms with Gasteiger partial charge in [-0.25, -0.2) is 4.98 Å². The summed E-state index contributed by atoms with van der Waals surface area (Å²) in [5.41, 5.74) is 13.5. The summed E-state index contributed by atoms with van der Waals surface area (Å²) < 4.78 is 20.1. The third-order valence-corrected chi connectivity index (χ3v) is 7.01. The molecule has 7 heteroatoms. The molecule has 0 spiro atoms. The van der Waals surface area contributed by atoms with Crippen molar-refractivity contribution in [1.29, 1.82) is 0 Å². The van der Waals surface area contributed by atoms with Crippen molar-refractivity contribution in [2.24, 2.45) is 0 Å². The maximum atomic E-state index is 14.9. The van der Waals surface area contributed by atoms with E-state index in [1.165, 1.54) is 5.56 Å². The van der Waals surface area contributed by atoms with Crippen molar-refractivity contribution >= 4 is 17.2 Å². The minimum atomic E-state index is -0.554. The first-order chi connectivity index (χ1) is 17.0. The fourth-order valence-electron chi connectivity index (χ4n) is 4.95. The van der Waals surface area contributed by atoms with Crippen LogP contribution in [0.2, 0.25) is 0 Å². The molecule has 0 radical (unpaired) electrons. The molecule has 182 valence electrons. The molecule has 3 N–H and O–H groups in total. The van der Waals surface area contributed by atoms with E-state index in [1.54, 1.807) is 7.11 Å². The lowest BCUT2D eigenvalue weighted by molar-refractivity contribution is 0.144. The minimum absolute atomic E-state index is 0.196. The first kappa shape index (κ1) is 23.3. The zero-order valence-corrected chi connectivity index (χ0v) is 20.2. The lowest BCUT2D eigenvalue weighted by Crippen LogP contribution is -2.47. The van der Waals surface area contributed by atoms with E-state index in [9.17, 15) is 4.39 Å². The summed E-state index contributed by atoms with van der Waals surface area (Å²) in [6.45, 7) is 10.6. The summed E-state index contributed by atoms with van der Waals surface area (Å²) in [6, 6.07) is 16.0. The number of methoxy groups -OCH3 is 1. The Morgan fingerprint density at radius 1 is 1.00 bits per heavy atom. The van der Waals surface area contributed by atoms with Crippen LogP contribution >= 0.6 is 0 Å². The fourth-order valence-corrected chi connectivity index (χ4v) is 4.95. The van der Waals surface area contributed by atoms with Gasteiger partial charge in [-0.2, -0.15) is 4.39 Å². The molecule has 0 saturated carbocycles. The normalized spacial score (nSPS) is 16.2. The van der Waals surface area contributed by atoms with Crippen molar-refractivity contribution in [3.63, 3.8) is 0 Å². The molecule has 0 amide bonds. The van der Waals surface area contributed by atoms with Crippen LogP contribution in [0.15, 0.2) is 55.1 Å². The molecular weight excluding hydrogens is 441 g/mol. The molecule has 6 nitrogen and oxygen atoms in total. The van der Waals surface area contributed by atoms with Crippen LogP contribution < -0.4 is 16.0 Å². The largest absolute Gasteiger partial charge is 0.385 e. The Morgan fingerprint density at radius 2 is 1.74 bits per heavy atom. The van der Waals surface area contributed by atoms with E-state index < -0.39 is 5.95 Å². The van der Waals surface area contributed by atoms with Crippen LogP contribution in [0.25, 0.3) is 28.0 Å². The third-order valence-electron chi connectivity index (χ3n) is 7.01. The van der Waals surface area contributed by atoms with Gasteiger partial charge in [-0.3, -0.25) is 4.90 Å². The van der Waals surface area contributed by atoms with Crippen LogP contribution in [0.4, 0.5) is 15.9 Å². The number of pyridine rings is 1. The molecule has 3 heterocycles. The van der Waals surface area contributed by atoms with Gasteiger partial charge in [0.15, 0.2) is 0 Å². The molecule has 2 aromatic carbocycles. The smallest absolute Gasteiger partial charge is 0.222 e. The molecule has 0 atom stereocenters. The second-order valence-electron chi connectivity index (χ2n) is 9.16. The second kappa shape index (κ2) is 10.1. The van der Waals surface area contributed by atoms with Crippen LogP contribution in [0, 0.1) is 5.95 Å². The summed E-state index contributed by atoms with van der Waals surface area (Å²) in [4.78, 5) is 8.84. The zero-order valence-electron chi connectivity index (χ0n) is 20.2. The van der Waals surface area contributed by atoms with E-state index in [4.69, 9.17) is 10.5 Å². The van der Waals surface area contributed by atoms with Gasteiger partial charge in [0, 0.05) is 74.5 Å². The van der Waals surface area contributed by atoms with Gasteiger partial charge in [0.25, 0.3) is 0 Å². The van der Waals surface area contributed by atoms with Crippen LogP contribution in [0.5, 0.6) is 0 Å². The number of nitrogens with two attached hydrogens (primary N) is 1. The van der Waals surface area contributed by atoms with Gasteiger partial charge in [-0.05, 0) is 41.3 Å². The summed E-state index contributed by atoms with van der Waals surface area (Å²) in [6.07, 6.45) is 0.908. The number of fused-ring (bicyclic) bond motifs is 1. The van der Waals surface area contributed by atoms with Gasteiger partial charge in [-0.1, -0.05) is 36.9 Å². The van der Waals surface area contributed by atoms with Crippen molar-refractivity contribution in [3.05, 3.63) is 72.2 Å². The van der Waals surface area contributed by atoms with Crippen LogP contribution in [0.3, 0.4) is 0 Å². The van der Waals surface area contributed by atoms with E-state index in [0.29, 0.717) is 5.56 Å². The number of nitrogens with one attached hydrogen (secondary N) is 1. The zero-order chi connectivity index (χ0) is 24.4. The van der Waals surface area contributed by atoms with E-state index in [-0.39, 0.29) is 5.82 Å². The van der Waals surface area contributed by atoms with Crippen molar-refractivity contribution in [1.82, 2.24) is 15.2 Å². The number of nitrogens with zero attached hydrogens (tertiary/aromatic N) is 3. The SMILES string of the molecule is C=C1NCCc2cc(-c3cc(-c4ccc(N5CCN(CCOC)CC5)cc4)c(F)nc3N)ccc21. The predicted molar refractivity (Wildman–Crippen MR) is 141 cm³/mol. The number of anilines is 2. The molecule has 0 aliphatic carbocycles. The molecule has 1 fully saturated rings. The fraction of sp³-hybridized carbons (Fsp3) is 0.321. The van der Waals surface area contributed by atoms with E-state index in [2.05, 4.69) is 44.9 Å². The Kier molecular flexibility index (Phi) is 6.70. The van der Waals surface area contributed by atoms with Crippen molar-refractivity contribution < 1.29 is 9.13 Å². The molecule has 2 aliphatic rings. The lowest BCUT2D eigenvalue weighted by atomic mass is 9.93. The Labute approximate surface area is 206 Å². The highest BCUT2D eigenvalue weighted by atomic mass is 19.1. The number of hydrogen-bond donors (Lipinski definition) is 2. The average molecular weight is 474 g/mol. The molecule has 0 unspecified atom stereocenters. The van der Waals surface area contributed by atoms with Crippen LogP contribution in [-0.4, -0.2) is 62.9 Å². The highest BCUT2D eigenvalue weighted by Crippen LogP contribution is 2.34. The Bertz CT molecular complexity index is 1220. The van der Waals surface area contributed by atoms with Crippen molar-refractivity contribution in [3.8, 4) is 22.3 Å². The van der Waals surface area contributed by atoms with Crippen molar-refractivity contribution in [2.75, 3.05) is 63.6 Å². The number of aromatic nitrogens is 1. The lowest BCUT2D eigenvalue weighted by Gasteiger charge is -2.36. The van der Waals surface area contributed by atoms with Gasteiger partial charge < -0.3 is 20.7 Å². The predicted octanol–water partition coefficient (Wildman–Crippen LogP) is 4.02. The summed E-state index contributed by atoms with van der Waals surface area (Å²) >= 11 is 0. The minimum Gasteiger partial charge on any atom is -0.385 e. The molecule has 2 aliphatic heterocycles.